The molecule has 1 aromatic carbocycles. The third kappa shape index (κ3) is 3.58. The number of nitrogens with two attached hydrogens (primary N) is 1. The average Bonchev–Trinajstić information content (AvgIpc) is 2.80. The number of amides is 2. The number of alkyl halides is 3. The molecule has 3 N–H and O–H groups in total. The molecule has 0 spiro atoms. The van der Waals surface area contributed by atoms with Crippen LogP contribution in [-0.4, -0.2) is 25.7 Å². The fourth-order valence-corrected chi connectivity index (χ4v) is 3.93. The number of rotatable bonds is 4. The summed E-state index contributed by atoms with van der Waals surface area (Å²) in [4.78, 5) is 23.6. The molecule has 6 nitrogen and oxygen atoms in total. The zero-order valence-electron chi connectivity index (χ0n) is 13.5. The van der Waals surface area contributed by atoms with Crippen molar-refractivity contribution in [3.05, 3.63) is 45.8 Å². The van der Waals surface area contributed by atoms with Crippen molar-refractivity contribution in [2.45, 2.75) is 24.3 Å². The molecule has 0 saturated carbocycles. The Bertz CT molecular complexity index is 978. The van der Waals surface area contributed by atoms with Gasteiger partial charge in [0.2, 0.25) is 0 Å². The van der Waals surface area contributed by atoms with Crippen molar-refractivity contribution >= 4 is 38.0 Å². The Morgan fingerprint density at radius 1 is 1.12 bits per heavy atom. The van der Waals surface area contributed by atoms with E-state index in [1.165, 1.54) is 0 Å². The number of benzene rings is 1. The topological polar surface area (TPSA) is 106 Å². The van der Waals surface area contributed by atoms with Gasteiger partial charge in [-0.15, -0.1) is 11.3 Å². The molecule has 0 atom stereocenters. The summed E-state index contributed by atoms with van der Waals surface area (Å²) >= 11 is 1.13. The summed E-state index contributed by atoms with van der Waals surface area (Å²) in [7, 11) is -5.49. The molecule has 0 aliphatic heterocycles. The number of sulfone groups is 1. The summed E-state index contributed by atoms with van der Waals surface area (Å²) in [6.07, 6.45) is 0. The van der Waals surface area contributed by atoms with Gasteiger partial charge in [-0.3, -0.25) is 9.59 Å². The Morgan fingerprint density at radius 3 is 2.12 bits per heavy atom. The van der Waals surface area contributed by atoms with Gasteiger partial charge in [0, 0.05) is 10.4 Å². The van der Waals surface area contributed by atoms with E-state index in [9.17, 15) is 31.2 Å². The Labute approximate surface area is 150 Å². The highest BCUT2D eigenvalue weighted by atomic mass is 32.2. The second-order valence-electron chi connectivity index (χ2n) is 5.28. The van der Waals surface area contributed by atoms with Crippen molar-refractivity contribution in [1.29, 1.82) is 0 Å². The van der Waals surface area contributed by atoms with Crippen molar-refractivity contribution < 1.29 is 31.2 Å². The first-order valence-electron chi connectivity index (χ1n) is 6.99. The minimum Gasteiger partial charge on any atom is -0.365 e. The fraction of sp³-hybridized carbons (Fsp3) is 0.200. The van der Waals surface area contributed by atoms with E-state index in [1.54, 1.807) is 13.8 Å². The fourth-order valence-electron chi connectivity index (χ4n) is 2.11. The number of hydrogen-bond donors (Lipinski definition) is 2. The second kappa shape index (κ2) is 6.72. The molecule has 0 unspecified atom stereocenters. The van der Waals surface area contributed by atoms with E-state index in [-0.39, 0.29) is 16.1 Å². The Balaban J connectivity index is 2.30. The van der Waals surface area contributed by atoms with Gasteiger partial charge in [0.15, 0.2) is 0 Å². The summed E-state index contributed by atoms with van der Waals surface area (Å²) in [6, 6.07) is 3.28. The summed E-state index contributed by atoms with van der Waals surface area (Å²) in [6.45, 7) is 3.40. The predicted molar refractivity (Wildman–Crippen MR) is 89.9 cm³/mol. The van der Waals surface area contributed by atoms with Crippen molar-refractivity contribution in [2.75, 3.05) is 5.32 Å². The normalized spacial score (nSPS) is 12.0. The van der Waals surface area contributed by atoms with Crippen LogP contribution in [0.5, 0.6) is 0 Å². The van der Waals surface area contributed by atoms with Gasteiger partial charge < -0.3 is 11.1 Å². The molecular formula is C15H13F3N2O4S2. The number of anilines is 1. The molecule has 2 aromatic rings. The lowest BCUT2D eigenvalue weighted by Gasteiger charge is -2.09. The van der Waals surface area contributed by atoms with E-state index in [0.29, 0.717) is 17.7 Å². The Hall–Kier alpha value is -2.40. The maximum absolute atomic E-state index is 12.5. The van der Waals surface area contributed by atoms with E-state index in [4.69, 9.17) is 5.73 Å². The maximum atomic E-state index is 12.5. The largest absolute Gasteiger partial charge is 0.501 e. The van der Waals surface area contributed by atoms with E-state index >= 15 is 0 Å². The minimum atomic E-state index is -5.49. The minimum absolute atomic E-state index is 0.0785. The quantitative estimate of drug-likeness (QED) is 0.814. The van der Waals surface area contributed by atoms with Gasteiger partial charge >= 0.3 is 5.51 Å². The lowest BCUT2D eigenvalue weighted by Crippen LogP contribution is -2.23. The molecule has 0 aliphatic rings. The highest BCUT2D eigenvalue weighted by molar-refractivity contribution is 7.92. The molecule has 0 radical (unpaired) electrons. The number of aryl methyl sites for hydroxylation is 1. The number of hydrogen-bond acceptors (Lipinski definition) is 5. The van der Waals surface area contributed by atoms with Gasteiger partial charge in [-0.1, -0.05) is 0 Å². The monoisotopic (exact) mass is 406 g/mol. The molecule has 0 aliphatic carbocycles. The second-order valence-corrected chi connectivity index (χ2v) is 8.45. The van der Waals surface area contributed by atoms with Crippen LogP contribution in [0.25, 0.3) is 0 Å². The molecule has 140 valence electrons. The molecule has 1 aromatic heterocycles. The highest BCUT2D eigenvalue weighted by Gasteiger charge is 2.46. The van der Waals surface area contributed by atoms with Gasteiger partial charge in [-0.25, -0.2) is 8.42 Å². The van der Waals surface area contributed by atoms with Crippen molar-refractivity contribution in [2.24, 2.45) is 5.73 Å². The molecule has 1 heterocycles. The van der Waals surface area contributed by atoms with Crippen molar-refractivity contribution in [3.63, 3.8) is 0 Å². The zero-order valence-corrected chi connectivity index (χ0v) is 15.1. The molecule has 11 heteroatoms. The first-order valence-corrected chi connectivity index (χ1v) is 9.28. The van der Waals surface area contributed by atoms with Gasteiger partial charge in [-0.2, -0.15) is 13.2 Å². The van der Waals surface area contributed by atoms with Crippen LogP contribution < -0.4 is 11.1 Å². The van der Waals surface area contributed by atoms with Crippen molar-refractivity contribution in [3.8, 4) is 0 Å². The predicted octanol–water partition coefficient (Wildman–Crippen LogP) is 3.01. The van der Waals surface area contributed by atoms with Gasteiger partial charge in [0.1, 0.15) is 5.00 Å². The first kappa shape index (κ1) is 19.9. The zero-order chi connectivity index (χ0) is 19.9. The standard InChI is InChI=1S/C15H13F3N2O4S2/c1-7-8(2)25-14(11(7)12(19)21)20-13(22)9-3-5-10(6-4-9)26(23,24)15(16,17)18/h3-6H,1-2H3,(H2,19,21)(H,20,22). The molecule has 0 fully saturated rings. The van der Waals surface area contributed by atoms with Gasteiger partial charge in [0.25, 0.3) is 21.7 Å². The van der Waals surface area contributed by atoms with Crippen LogP contribution in [0.3, 0.4) is 0 Å². The smallest absolute Gasteiger partial charge is 0.365 e. The van der Waals surface area contributed by atoms with E-state index < -0.39 is 32.1 Å². The molecule has 2 amide bonds. The SMILES string of the molecule is Cc1sc(NC(=O)c2ccc(S(=O)(=O)C(F)(F)F)cc2)c(C(N)=O)c1C. The highest BCUT2D eigenvalue weighted by Crippen LogP contribution is 2.33. The molecular weight excluding hydrogens is 393 g/mol. The Kier molecular flexibility index (Phi) is 5.15. The number of halogens is 3. The number of primary amides is 1. The van der Waals surface area contributed by atoms with Gasteiger partial charge in [-0.05, 0) is 43.7 Å². The third-order valence-corrected chi connectivity index (χ3v) is 6.22. The number of carbonyl (C=O) groups is 2. The van der Waals surface area contributed by atoms with Gasteiger partial charge in [0.05, 0.1) is 10.5 Å². The average molecular weight is 406 g/mol. The molecule has 0 bridgehead atoms. The first-order chi connectivity index (χ1) is 11.9. The molecule has 26 heavy (non-hydrogen) atoms. The molecule has 2 rings (SSSR count). The summed E-state index contributed by atoms with van der Waals surface area (Å²) in [5, 5.41) is 2.68. The van der Waals surface area contributed by atoms with Crippen LogP contribution in [0.1, 0.15) is 31.2 Å². The van der Waals surface area contributed by atoms with Crippen LogP contribution in [0.2, 0.25) is 0 Å². The maximum Gasteiger partial charge on any atom is 0.501 e. The van der Waals surface area contributed by atoms with Crippen LogP contribution in [-0.2, 0) is 9.84 Å². The van der Waals surface area contributed by atoms with E-state index in [1.807, 2.05) is 0 Å². The lowest BCUT2D eigenvalue weighted by molar-refractivity contribution is -0.0436. The third-order valence-electron chi connectivity index (χ3n) is 3.59. The van der Waals surface area contributed by atoms with Crippen LogP contribution in [0.15, 0.2) is 29.2 Å². The summed E-state index contributed by atoms with van der Waals surface area (Å²) in [5.41, 5.74) is 0.550. The van der Waals surface area contributed by atoms with Crippen LogP contribution in [0, 0.1) is 13.8 Å². The van der Waals surface area contributed by atoms with E-state index in [2.05, 4.69) is 5.32 Å². The van der Waals surface area contributed by atoms with Crippen LogP contribution >= 0.6 is 11.3 Å². The number of carbonyl (C=O) groups excluding carboxylic acids is 2. The van der Waals surface area contributed by atoms with E-state index in [0.717, 1.165) is 28.3 Å². The van der Waals surface area contributed by atoms with Crippen molar-refractivity contribution in [1.82, 2.24) is 0 Å². The molecule has 0 saturated heterocycles. The number of nitrogens with one attached hydrogen (secondary N) is 1. The Morgan fingerprint density at radius 2 is 1.65 bits per heavy atom. The summed E-state index contributed by atoms with van der Waals surface area (Å²) in [5.74, 6) is -1.45. The number of thiophene rings is 1. The lowest BCUT2D eigenvalue weighted by atomic mass is 10.1. The summed E-state index contributed by atoms with van der Waals surface area (Å²) < 4.78 is 60.2. The van der Waals surface area contributed by atoms with Crippen LogP contribution in [0.4, 0.5) is 18.2 Å².